The molecule has 0 amide bonds. The molecule has 0 atom stereocenters. The molecule has 6 aromatic carbocycles. The maximum Gasteiger partial charge on any atom is 0.115 e. The van der Waals surface area contributed by atoms with Crippen molar-refractivity contribution >= 4 is 110 Å². The Morgan fingerprint density at radius 2 is 0.791 bits per heavy atom. The quantitative estimate of drug-likeness (QED) is 0.308. The van der Waals surface area contributed by atoms with Crippen molar-refractivity contribution in [3.05, 3.63) is 115 Å². The fourth-order valence-electron chi connectivity index (χ4n) is 6.55. The van der Waals surface area contributed by atoms with Crippen molar-refractivity contribution in [2.45, 2.75) is 0 Å². The highest BCUT2D eigenvalue weighted by atomic mass is 15.0. The standard InChI is InChI=1S/C36H19B5N2/c37-31-32(38)34(40)36(35(41)33(31)39)43-26-13-7-5-11-24(26)30-28(43)19-18-27-29(30)23-10-4-6-12-25(23)42(27)22-16-14-21(15-17-22)20-8-2-1-3-9-20/h1-19H. The van der Waals surface area contributed by atoms with Gasteiger partial charge in [-0.15, -0.1) is 16.4 Å². The molecule has 2 heterocycles. The first-order valence-electron chi connectivity index (χ1n) is 14.1. The second kappa shape index (κ2) is 9.64. The zero-order chi connectivity index (χ0) is 29.4. The van der Waals surface area contributed by atoms with Crippen LogP contribution in [0.3, 0.4) is 0 Å². The minimum absolute atomic E-state index is 0.197. The molecule has 8 rings (SSSR count). The molecule has 0 aliphatic rings. The molecule has 0 bridgehead atoms. The van der Waals surface area contributed by atoms with Crippen LogP contribution in [0.4, 0.5) is 0 Å². The third-order valence-corrected chi connectivity index (χ3v) is 8.60. The molecule has 0 aliphatic carbocycles. The van der Waals surface area contributed by atoms with Crippen molar-refractivity contribution in [3.63, 3.8) is 0 Å². The van der Waals surface area contributed by atoms with Gasteiger partial charge in [0.25, 0.3) is 0 Å². The summed E-state index contributed by atoms with van der Waals surface area (Å²) in [5.74, 6) is 0. The Kier molecular flexibility index (Phi) is 5.81. The van der Waals surface area contributed by atoms with Crippen LogP contribution in [0.2, 0.25) is 0 Å². The van der Waals surface area contributed by atoms with Crippen molar-refractivity contribution in [3.8, 4) is 22.5 Å². The lowest BCUT2D eigenvalue weighted by Gasteiger charge is -2.23. The Hall–Kier alpha value is -4.76. The summed E-state index contributed by atoms with van der Waals surface area (Å²) < 4.78 is 4.38. The molecule has 188 valence electrons. The molecule has 7 heteroatoms. The summed E-state index contributed by atoms with van der Waals surface area (Å²) >= 11 is 0. The van der Waals surface area contributed by atoms with Crippen LogP contribution >= 0.6 is 0 Å². The number of para-hydroxylation sites is 2. The van der Waals surface area contributed by atoms with Crippen molar-refractivity contribution in [2.75, 3.05) is 0 Å². The van der Waals surface area contributed by atoms with E-state index in [1.54, 1.807) is 0 Å². The van der Waals surface area contributed by atoms with Crippen LogP contribution in [-0.4, -0.2) is 48.4 Å². The topological polar surface area (TPSA) is 9.86 Å². The Balaban J connectivity index is 1.48. The van der Waals surface area contributed by atoms with E-state index in [4.69, 9.17) is 39.2 Å². The molecule has 0 saturated heterocycles. The molecule has 0 fully saturated rings. The maximum absolute atomic E-state index is 6.60. The number of benzene rings is 6. The van der Waals surface area contributed by atoms with E-state index in [1.807, 2.05) is 18.2 Å². The normalized spacial score (nSPS) is 11.7. The lowest BCUT2D eigenvalue weighted by atomic mass is 9.61. The Bertz CT molecular complexity index is 2360. The van der Waals surface area contributed by atoms with Crippen LogP contribution in [0, 0.1) is 0 Å². The third kappa shape index (κ3) is 3.67. The highest BCUT2D eigenvalue weighted by Gasteiger charge is 2.22. The highest BCUT2D eigenvalue weighted by Crippen LogP contribution is 2.41. The second-order valence-electron chi connectivity index (χ2n) is 10.9. The van der Waals surface area contributed by atoms with Crippen molar-refractivity contribution in [2.24, 2.45) is 0 Å². The first-order valence-corrected chi connectivity index (χ1v) is 14.1. The van der Waals surface area contributed by atoms with Crippen LogP contribution in [0.1, 0.15) is 0 Å². The number of rotatable bonds is 3. The van der Waals surface area contributed by atoms with E-state index in [2.05, 4.69) is 106 Å². The van der Waals surface area contributed by atoms with E-state index >= 15 is 0 Å². The summed E-state index contributed by atoms with van der Waals surface area (Å²) in [6, 6.07) is 40.2. The molecule has 0 N–H and O–H groups in total. The van der Waals surface area contributed by atoms with Crippen LogP contribution in [-0.2, 0) is 0 Å². The van der Waals surface area contributed by atoms with Crippen LogP contribution in [0.5, 0.6) is 0 Å². The molecule has 10 radical (unpaired) electrons. The summed E-state index contributed by atoms with van der Waals surface area (Å²) in [5, 5.41) is 4.45. The summed E-state index contributed by atoms with van der Waals surface area (Å²) in [6.07, 6.45) is 0. The summed E-state index contributed by atoms with van der Waals surface area (Å²) in [5.41, 5.74) is 9.33. The van der Waals surface area contributed by atoms with Crippen LogP contribution in [0.15, 0.2) is 115 Å². The van der Waals surface area contributed by atoms with Gasteiger partial charge in [-0.05, 0) is 47.5 Å². The van der Waals surface area contributed by atoms with Gasteiger partial charge < -0.3 is 9.13 Å². The van der Waals surface area contributed by atoms with Gasteiger partial charge in [-0.1, -0.05) is 89.8 Å². The first-order chi connectivity index (χ1) is 21.0. The van der Waals surface area contributed by atoms with E-state index in [9.17, 15) is 0 Å². The first kappa shape index (κ1) is 25.9. The number of nitrogens with zero attached hydrogens (tertiary/aromatic N) is 2. The lowest BCUT2D eigenvalue weighted by Crippen LogP contribution is -2.56. The molecule has 2 nitrogen and oxygen atoms in total. The number of hydrogen-bond donors (Lipinski definition) is 0. The molecule has 0 aliphatic heterocycles. The molecule has 0 saturated carbocycles. The zero-order valence-corrected chi connectivity index (χ0v) is 23.3. The lowest BCUT2D eigenvalue weighted by molar-refractivity contribution is 1.18. The average Bonchev–Trinajstić information content (AvgIpc) is 3.56. The van der Waals surface area contributed by atoms with Crippen molar-refractivity contribution in [1.29, 1.82) is 0 Å². The fourth-order valence-corrected chi connectivity index (χ4v) is 6.55. The summed E-state index contributed by atoms with van der Waals surface area (Å²) in [4.78, 5) is 0. The van der Waals surface area contributed by atoms with Crippen LogP contribution in [0.25, 0.3) is 66.1 Å². The van der Waals surface area contributed by atoms with E-state index in [0.29, 0.717) is 16.6 Å². The van der Waals surface area contributed by atoms with Gasteiger partial charge in [-0.3, -0.25) is 0 Å². The van der Waals surface area contributed by atoms with Gasteiger partial charge in [0.1, 0.15) is 39.2 Å². The van der Waals surface area contributed by atoms with Crippen LogP contribution < -0.4 is 27.3 Å². The summed E-state index contributed by atoms with van der Waals surface area (Å²) in [6.45, 7) is 0. The predicted octanol–water partition coefficient (Wildman–Crippen LogP) is 3.52. The molecule has 0 unspecified atom stereocenters. The SMILES string of the molecule is [B]c1c([B])c([B])c(-n2c3ccccc3c3c4c5ccccc5n(-c5ccc(-c6ccccc6)cc5)c4ccc32)c([B])c1[B]. The van der Waals surface area contributed by atoms with Gasteiger partial charge in [0.05, 0.1) is 22.1 Å². The summed E-state index contributed by atoms with van der Waals surface area (Å²) in [7, 11) is 32.0. The minimum Gasteiger partial charge on any atom is -0.310 e. The van der Waals surface area contributed by atoms with Gasteiger partial charge >= 0.3 is 0 Å². The largest absolute Gasteiger partial charge is 0.310 e. The average molecular weight is 534 g/mol. The van der Waals surface area contributed by atoms with E-state index in [1.165, 1.54) is 11.1 Å². The third-order valence-electron chi connectivity index (χ3n) is 8.60. The predicted molar refractivity (Wildman–Crippen MR) is 187 cm³/mol. The van der Waals surface area contributed by atoms with E-state index in [-0.39, 0.29) is 16.4 Å². The number of aromatic nitrogens is 2. The Morgan fingerprint density at radius 1 is 0.349 bits per heavy atom. The fraction of sp³-hybridized carbons (Fsp3) is 0. The molecular formula is C36H19B5N2. The molecular weight excluding hydrogens is 514 g/mol. The van der Waals surface area contributed by atoms with Gasteiger partial charge in [0.15, 0.2) is 0 Å². The molecule has 43 heavy (non-hydrogen) atoms. The van der Waals surface area contributed by atoms with Gasteiger partial charge in [0.2, 0.25) is 0 Å². The zero-order valence-electron chi connectivity index (χ0n) is 23.3. The van der Waals surface area contributed by atoms with Crippen molar-refractivity contribution < 1.29 is 0 Å². The number of hydrogen-bond acceptors (Lipinski definition) is 0. The monoisotopic (exact) mass is 534 g/mol. The van der Waals surface area contributed by atoms with E-state index in [0.717, 1.165) is 49.3 Å². The smallest absolute Gasteiger partial charge is 0.115 e. The molecule has 8 aromatic rings. The van der Waals surface area contributed by atoms with Crippen molar-refractivity contribution in [1.82, 2.24) is 9.13 Å². The molecule has 2 aromatic heterocycles. The second-order valence-corrected chi connectivity index (χ2v) is 10.9. The van der Waals surface area contributed by atoms with Gasteiger partial charge in [0, 0.05) is 32.9 Å². The maximum atomic E-state index is 6.60. The Labute approximate surface area is 256 Å². The number of fused-ring (bicyclic) bond motifs is 7. The van der Waals surface area contributed by atoms with Gasteiger partial charge in [-0.25, -0.2) is 0 Å². The minimum atomic E-state index is 0.197. The molecule has 0 spiro atoms. The Morgan fingerprint density at radius 3 is 1.37 bits per heavy atom. The van der Waals surface area contributed by atoms with Gasteiger partial charge in [-0.2, -0.15) is 0 Å². The van der Waals surface area contributed by atoms with E-state index < -0.39 is 0 Å². The highest BCUT2D eigenvalue weighted by molar-refractivity contribution is 6.68.